The van der Waals surface area contributed by atoms with Crippen LogP contribution in [0.15, 0.2) is 34.0 Å². The molecule has 1 N–H and O–H groups in total. The maximum atomic E-state index is 12.5. The normalized spacial score (nSPS) is 12.0. The van der Waals surface area contributed by atoms with Gasteiger partial charge in [-0.3, -0.25) is 14.7 Å². The van der Waals surface area contributed by atoms with Gasteiger partial charge in [-0.25, -0.2) is 9.48 Å². The molecule has 0 bridgehead atoms. The summed E-state index contributed by atoms with van der Waals surface area (Å²) in [6, 6.07) is 7.14. The van der Waals surface area contributed by atoms with E-state index in [4.69, 9.17) is 9.47 Å². The predicted octanol–water partition coefficient (Wildman–Crippen LogP) is 3.86. The van der Waals surface area contributed by atoms with Crippen molar-refractivity contribution in [2.24, 2.45) is 0 Å². The number of thioether (sulfide) groups is 1. The van der Waals surface area contributed by atoms with Crippen molar-refractivity contribution in [2.75, 3.05) is 6.61 Å². The van der Waals surface area contributed by atoms with Crippen LogP contribution in [-0.4, -0.2) is 38.7 Å². The Morgan fingerprint density at radius 3 is 2.21 bits per heavy atom. The molecule has 8 heteroatoms. The first kappa shape index (κ1) is 22.8. The molecule has 2 rings (SSSR count). The Hall–Kier alpha value is -2.48. The number of aromatic amines is 1. The largest absolute Gasteiger partial charge is 0.461 e. The molecule has 0 atom stereocenters. The number of carbonyl (C=O) groups is 2. The molecular weight excluding hydrogens is 392 g/mol. The summed E-state index contributed by atoms with van der Waals surface area (Å²) in [5.41, 5.74) is 0.145. The van der Waals surface area contributed by atoms with Gasteiger partial charge in [0, 0.05) is 10.5 Å². The Morgan fingerprint density at radius 1 is 1.10 bits per heavy atom. The van der Waals surface area contributed by atoms with Gasteiger partial charge in [0.1, 0.15) is 16.0 Å². The lowest BCUT2D eigenvalue weighted by atomic mass is 10.1. The van der Waals surface area contributed by atoms with Crippen LogP contribution in [0.4, 0.5) is 0 Å². The van der Waals surface area contributed by atoms with Gasteiger partial charge in [-0.05, 0) is 72.7 Å². The summed E-state index contributed by atoms with van der Waals surface area (Å²) in [6.07, 6.45) is 0. The molecule has 158 valence electrons. The molecule has 0 saturated heterocycles. The average molecular weight is 421 g/mol. The van der Waals surface area contributed by atoms with Crippen molar-refractivity contribution in [3.63, 3.8) is 0 Å². The second-order valence-corrected chi connectivity index (χ2v) is 9.78. The molecule has 0 spiro atoms. The van der Waals surface area contributed by atoms with E-state index in [1.54, 1.807) is 26.0 Å². The van der Waals surface area contributed by atoms with Gasteiger partial charge in [0.2, 0.25) is 0 Å². The minimum Gasteiger partial charge on any atom is -0.461 e. The number of esters is 2. The number of H-pyrrole nitrogens is 1. The molecule has 1 aromatic heterocycles. The summed E-state index contributed by atoms with van der Waals surface area (Å²) in [5.74, 6) is -0.860. The molecular formula is C21H28N2O5S. The second-order valence-electron chi connectivity index (χ2n) is 8.08. The number of ether oxygens (including phenoxy) is 2. The highest BCUT2D eigenvalue weighted by atomic mass is 32.2. The van der Waals surface area contributed by atoms with Crippen molar-refractivity contribution >= 4 is 23.7 Å². The van der Waals surface area contributed by atoms with Crippen molar-refractivity contribution in [2.45, 2.75) is 63.7 Å². The lowest BCUT2D eigenvalue weighted by Crippen LogP contribution is -2.36. The van der Waals surface area contributed by atoms with E-state index in [-0.39, 0.29) is 23.8 Å². The summed E-state index contributed by atoms with van der Waals surface area (Å²) in [6.45, 7) is 12.6. The Kier molecular flexibility index (Phi) is 6.67. The van der Waals surface area contributed by atoms with Crippen molar-refractivity contribution < 1.29 is 19.1 Å². The third-order valence-electron chi connectivity index (χ3n) is 3.96. The number of hydrogen-bond donors (Lipinski definition) is 1. The molecule has 29 heavy (non-hydrogen) atoms. The molecule has 0 aliphatic heterocycles. The summed E-state index contributed by atoms with van der Waals surface area (Å²) in [4.78, 5) is 37.8. The highest BCUT2D eigenvalue weighted by molar-refractivity contribution is 8.01. The van der Waals surface area contributed by atoms with E-state index in [2.05, 4.69) is 5.10 Å². The highest BCUT2D eigenvalue weighted by Crippen LogP contribution is 2.34. The van der Waals surface area contributed by atoms with E-state index >= 15 is 0 Å². The highest BCUT2D eigenvalue weighted by Gasteiger charge is 2.33. The van der Waals surface area contributed by atoms with Crippen LogP contribution >= 0.6 is 11.8 Å². The fraction of sp³-hybridized carbons (Fsp3) is 0.476. The summed E-state index contributed by atoms with van der Waals surface area (Å²) in [5, 5.41) is 2.81. The number of aromatic nitrogens is 2. The smallest absolute Gasteiger partial charge is 0.356 e. The standard InChI is InChI=1S/C21H28N2O5S/c1-8-27-18(25)16-13(2)17(24)23(22-16)14-9-11-15(12-10-14)29-21(6,7)19(26)28-20(3,4)5/h9-12,22H,8H2,1-7H3. The Labute approximate surface area is 174 Å². The Bertz CT molecular complexity index is 949. The fourth-order valence-corrected chi connectivity index (χ4v) is 3.49. The lowest BCUT2D eigenvalue weighted by Gasteiger charge is -2.28. The number of carbonyl (C=O) groups excluding carboxylic acids is 2. The average Bonchev–Trinajstić information content (AvgIpc) is 2.90. The van der Waals surface area contributed by atoms with Crippen LogP contribution in [0.2, 0.25) is 0 Å². The number of nitrogens with zero attached hydrogens (tertiary/aromatic N) is 1. The van der Waals surface area contributed by atoms with E-state index in [9.17, 15) is 14.4 Å². The second kappa shape index (κ2) is 8.49. The first-order chi connectivity index (χ1) is 13.4. The zero-order chi connectivity index (χ0) is 22.0. The first-order valence-electron chi connectivity index (χ1n) is 9.37. The van der Waals surface area contributed by atoms with E-state index in [0.29, 0.717) is 11.3 Å². The molecule has 0 unspecified atom stereocenters. The summed E-state index contributed by atoms with van der Waals surface area (Å²) in [7, 11) is 0. The molecule has 0 saturated carbocycles. The van der Waals surface area contributed by atoms with Gasteiger partial charge in [0.25, 0.3) is 5.56 Å². The Morgan fingerprint density at radius 2 is 1.69 bits per heavy atom. The van der Waals surface area contributed by atoms with Crippen LogP contribution in [0.5, 0.6) is 0 Å². The first-order valence-corrected chi connectivity index (χ1v) is 10.2. The Balaban J connectivity index is 2.23. The van der Waals surface area contributed by atoms with Crippen LogP contribution in [0.1, 0.15) is 57.6 Å². The maximum Gasteiger partial charge on any atom is 0.356 e. The van der Waals surface area contributed by atoms with Gasteiger partial charge in [-0.2, -0.15) is 0 Å². The monoisotopic (exact) mass is 420 g/mol. The topological polar surface area (TPSA) is 90.4 Å². The van der Waals surface area contributed by atoms with Crippen LogP contribution < -0.4 is 5.56 Å². The van der Waals surface area contributed by atoms with E-state index in [0.717, 1.165) is 4.90 Å². The van der Waals surface area contributed by atoms with Gasteiger partial charge in [0.05, 0.1) is 12.3 Å². The molecule has 1 aromatic carbocycles. The van der Waals surface area contributed by atoms with E-state index in [1.807, 2.05) is 46.8 Å². The minimum atomic E-state index is -0.772. The number of rotatable bonds is 6. The van der Waals surface area contributed by atoms with Crippen molar-refractivity contribution in [1.29, 1.82) is 0 Å². The van der Waals surface area contributed by atoms with Crippen molar-refractivity contribution in [3.8, 4) is 5.69 Å². The quantitative estimate of drug-likeness (QED) is 0.564. The van der Waals surface area contributed by atoms with Crippen LogP contribution in [-0.2, 0) is 14.3 Å². The molecule has 2 aromatic rings. The molecule has 0 aliphatic rings. The van der Waals surface area contributed by atoms with Gasteiger partial charge in [0.15, 0.2) is 0 Å². The summed E-state index contributed by atoms with van der Waals surface area (Å²) >= 11 is 1.38. The van der Waals surface area contributed by atoms with Gasteiger partial charge in [-0.15, -0.1) is 11.8 Å². The zero-order valence-corrected chi connectivity index (χ0v) is 18.7. The molecule has 7 nitrogen and oxygen atoms in total. The summed E-state index contributed by atoms with van der Waals surface area (Å²) < 4.78 is 11.0. The van der Waals surface area contributed by atoms with Crippen molar-refractivity contribution in [3.05, 3.63) is 45.9 Å². The maximum absolute atomic E-state index is 12.5. The molecule has 1 heterocycles. The third-order valence-corrected chi connectivity index (χ3v) is 5.15. The van der Waals surface area contributed by atoms with Crippen LogP contribution in [0.3, 0.4) is 0 Å². The van der Waals surface area contributed by atoms with E-state index in [1.165, 1.54) is 16.4 Å². The molecule has 0 fully saturated rings. The van der Waals surface area contributed by atoms with Gasteiger partial charge >= 0.3 is 11.9 Å². The number of nitrogens with one attached hydrogen (secondary N) is 1. The molecule has 0 aliphatic carbocycles. The molecule has 0 amide bonds. The fourth-order valence-electron chi connectivity index (χ4n) is 2.51. The van der Waals surface area contributed by atoms with Crippen molar-refractivity contribution in [1.82, 2.24) is 9.78 Å². The van der Waals surface area contributed by atoms with Gasteiger partial charge in [-0.1, -0.05) is 0 Å². The SMILES string of the molecule is CCOC(=O)c1[nH]n(-c2ccc(SC(C)(C)C(=O)OC(C)(C)C)cc2)c(=O)c1C. The minimum absolute atomic E-state index is 0.140. The molecule has 0 radical (unpaired) electrons. The van der Waals surface area contributed by atoms with E-state index < -0.39 is 16.3 Å². The lowest BCUT2D eigenvalue weighted by molar-refractivity contribution is -0.156. The zero-order valence-electron chi connectivity index (χ0n) is 17.9. The van der Waals surface area contributed by atoms with Crippen LogP contribution in [0, 0.1) is 6.92 Å². The number of hydrogen-bond acceptors (Lipinski definition) is 6. The van der Waals surface area contributed by atoms with Gasteiger partial charge < -0.3 is 9.47 Å². The number of benzene rings is 1. The third kappa shape index (κ3) is 5.53. The van der Waals surface area contributed by atoms with Crippen LogP contribution in [0.25, 0.3) is 5.69 Å². The predicted molar refractivity (Wildman–Crippen MR) is 113 cm³/mol.